The van der Waals surface area contributed by atoms with Crippen molar-refractivity contribution in [1.29, 1.82) is 0 Å². The number of benzene rings is 1. The molecule has 1 aromatic carbocycles. The van der Waals surface area contributed by atoms with Gasteiger partial charge in [0.1, 0.15) is 0 Å². The average molecular weight is 300 g/mol. The van der Waals surface area contributed by atoms with Crippen LogP contribution in [0.1, 0.15) is 24.8 Å². The van der Waals surface area contributed by atoms with E-state index in [2.05, 4.69) is 45.5 Å². The SMILES string of the molecule is COCCNCCCCCc1ccc(Br)cc1. The van der Waals surface area contributed by atoms with Crippen LogP contribution >= 0.6 is 15.9 Å². The number of rotatable bonds is 9. The van der Waals surface area contributed by atoms with Gasteiger partial charge in [-0.1, -0.05) is 34.5 Å². The number of halogens is 1. The fraction of sp³-hybridized carbons (Fsp3) is 0.571. The molecule has 0 amide bonds. The quantitative estimate of drug-likeness (QED) is 0.706. The van der Waals surface area contributed by atoms with Crippen LogP contribution < -0.4 is 5.32 Å². The minimum absolute atomic E-state index is 0.804. The molecule has 0 aliphatic heterocycles. The van der Waals surface area contributed by atoms with Crippen LogP contribution in [0.2, 0.25) is 0 Å². The number of methoxy groups -OCH3 is 1. The van der Waals surface area contributed by atoms with Gasteiger partial charge in [0.15, 0.2) is 0 Å². The first kappa shape index (κ1) is 14.7. The molecule has 0 bridgehead atoms. The lowest BCUT2D eigenvalue weighted by atomic mass is 10.1. The summed E-state index contributed by atoms with van der Waals surface area (Å²) in [6.07, 6.45) is 5.00. The second-order valence-electron chi connectivity index (χ2n) is 4.18. The number of unbranched alkanes of at least 4 members (excludes halogenated alkanes) is 2. The highest BCUT2D eigenvalue weighted by Crippen LogP contribution is 2.12. The second-order valence-corrected chi connectivity index (χ2v) is 5.10. The Morgan fingerprint density at radius 2 is 1.82 bits per heavy atom. The Bertz CT molecular complexity index is 287. The van der Waals surface area contributed by atoms with Crippen molar-refractivity contribution in [1.82, 2.24) is 5.32 Å². The van der Waals surface area contributed by atoms with E-state index < -0.39 is 0 Å². The molecule has 0 atom stereocenters. The molecule has 0 aliphatic carbocycles. The summed E-state index contributed by atoms with van der Waals surface area (Å²) in [5.74, 6) is 0. The van der Waals surface area contributed by atoms with Crippen molar-refractivity contribution in [2.45, 2.75) is 25.7 Å². The molecule has 1 rings (SSSR count). The van der Waals surface area contributed by atoms with Gasteiger partial charge in [-0.15, -0.1) is 0 Å². The summed E-state index contributed by atoms with van der Waals surface area (Å²) in [5, 5.41) is 3.36. The Morgan fingerprint density at radius 1 is 1.06 bits per heavy atom. The highest BCUT2D eigenvalue weighted by atomic mass is 79.9. The molecular weight excluding hydrogens is 278 g/mol. The summed E-state index contributed by atoms with van der Waals surface area (Å²) in [5.41, 5.74) is 1.43. The first-order valence-electron chi connectivity index (χ1n) is 6.27. The van der Waals surface area contributed by atoms with Crippen molar-refractivity contribution in [2.75, 3.05) is 26.8 Å². The maximum atomic E-state index is 4.97. The van der Waals surface area contributed by atoms with E-state index in [1.807, 2.05) is 0 Å². The van der Waals surface area contributed by atoms with E-state index >= 15 is 0 Å². The zero-order valence-electron chi connectivity index (χ0n) is 10.5. The molecule has 3 heteroatoms. The predicted octanol–water partition coefficient (Wildman–Crippen LogP) is 3.40. The normalized spacial score (nSPS) is 10.7. The van der Waals surface area contributed by atoms with Crippen LogP contribution in [0.25, 0.3) is 0 Å². The molecule has 96 valence electrons. The highest BCUT2D eigenvalue weighted by molar-refractivity contribution is 9.10. The smallest absolute Gasteiger partial charge is 0.0587 e. The molecule has 0 saturated heterocycles. The van der Waals surface area contributed by atoms with E-state index in [9.17, 15) is 0 Å². The molecule has 1 N–H and O–H groups in total. The van der Waals surface area contributed by atoms with E-state index in [4.69, 9.17) is 4.74 Å². The Morgan fingerprint density at radius 3 is 2.53 bits per heavy atom. The third kappa shape index (κ3) is 7.53. The predicted molar refractivity (Wildman–Crippen MR) is 76.4 cm³/mol. The maximum Gasteiger partial charge on any atom is 0.0587 e. The summed E-state index contributed by atoms with van der Waals surface area (Å²) in [6.45, 7) is 2.87. The summed E-state index contributed by atoms with van der Waals surface area (Å²) >= 11 is 3.45. The number of hydrogen-bond donors (Lipinski definition) is 1. The number of aryl methyl sites for hydroxylation is 1. The highest BCUT2D eigenvalue weighted by Gasteiger charge is 1.94. The Balaban J connectivity index is 1.95. The molecule has 0 fully saturated rings. The van der Waals surface area contributed by atoms with E-state index in [-0.39, 0.29) is 0 Å². The van der Waals surface area contributed by atoms with Gasteiger partial charge in [0.2, 0.25) is 0 Å². The fourth-order valence-electron chi connectivity index (χ4n) is 1.71. The van der Waals surface area contributed by atoms with Crippen LogP contribution in [-0.4, -0.2) is 26.8 Å². The van der Waals surface area contributed by atoms with Crippen molar-refractivity contribution in [3.63, 3.8) is 0 Å². The average Bonchev–Trinajstić information content (AvgIpc) is 2.35. The van der Waals surface area contributed by atoms with Gasteiger partial charge in [-0.05, 0) is 43.5 Å². The van der Waals surface area contributed by atoms with Gasteiger partial charge >= 0.3 is 0 Å². The topological polar surface area (TPSA) is 21.3 Å². The molecular formula is C14H22BrNO. The van der Waals surface area contributed by atoms with Gasteiger partial charge in [0.05, 0.1) is 6.61 Å². The monoisotopic (exact) mass is 299 g/mol. The van der Waals surface area contributed by atoms with E-state index in [0.29, 0.717) is 0 Å². The molecule has 0 radical (unpaired) electrons. The Hall–Kier alpha value is -0.380. The van der Waals surface area contributed by atoms with E-state index in [1.54, 1.807) is 7.11 Å². The van der Waals surface area contributed by atoms with E-state index in [0.717, 1.165) is 24.2 Å². The Labute approximate surface area is 113 Å². The molecule has 2 nitrogen and oxygen atoms in total. The van der Waals surface area contributed by atoms with Gasteiger partial charge in [0, 0.05) is 18.1 Å². The van der Waals surface area contributed by atoms with Crippen molar-refractivity contribution >= 4 is 15.9 Å². The number of nitrogens with one attached hydrogen (secondary N) is 1. The van der Waals surface area contributed by atoms with Crippen molar-refractivity contribution < 1.29 is 4.74 Å². The van der Waals surface area contributed by atoms with Crippen LogP contribution in [0.3, 0.4) is 0 Å². The second kappa shape index (κ2) is 9.63. The summed E-state index contributed by atoms with van der Waals surface area (Å²) in [7, 11) is 1.74. The largest absolute Gasteiger partial charge is 0.383 e. The number of ether oxygens (including phenoxy) is 1. The number of hydrogen-bond acceptors (Lipinski definition) is 2. The van der Waals surface area contributed by atoms with Gasteiger partial charge in [-0.3, -0.25) is 0 Å². The van der Waals surface area contributed by atoms with Crippen molar-refractivity contribution in [2.24, 2.45) is 0 Å². The minimum atomic E-state index is 0.804. The lowest BCUT2D eigenvalue weighted by Crippen LogP contribution is -2.20. The molecule has 1 aromatic rings. The van der Waals surface area contributed by atoms with Crippen LogP contribution in [0.4, 0.5) is 0 Å². The minimum Gasteiger partial charge on any atom is -0.383 e. The van der Waals surface area contributed by atoms with Gasteiger partial charge < -0.3 is 10.1 Å². The standard InChI is InChI=1S/C14H22BrNO/c1-17-12-11-16-10-4-2-3-5-13-6-8-14(15)9-7-13/h6-9,16H,2-5,10-12H2,1H3. The molecule has 0 saturated carbocycles. The zero-order chi connectivity index (χ0) is 12.3. The van der Waals surface area contributed by atoms with Gasteiger partial charge in [0.25, 0.3) is 0 Å². The molecule has 0 heterocycles. The molecule has 0 unspecified atom stereocenters. The van der Waals surface area contributed by atoms with Crippen molar-refractivity contribution in [3.8, 4) is 0 Å². The fourth-order valence-corrected chi connectivity index (χ4v) is 1.97. The van der Waals surface area contributed by atoms with Crippen LogP contribution in [0.5, 0.6) is 0 Å². The van der Waals surface area contributed by atoms with Crippen LogP contribution in [-0.2, 0) is 11.2 Å². The summed E-state index contributed by atoms with van der Waals surface area (Å²) in [4.78, 5) is 0. The molecule has 0 spiro atoms. The third-order valence-corrected chi connectivity index (χ3v) is 3.24. The first-order chi connectivity index (χ1) is 8.33. The third-order valence-electron chi connectivity index (χ3n) is 2.72. The van der Waals surface area contributed by atoms with Crippen molar-refractivity contribution in [3.05, 3.63) is 34.3 Å². The molecule has 0 aliphatic rings. The summed E-state index contributed by atoms with van der Waals surface area (Å²) < 4.78 is 6.13. The van der Waals surface area contributed by atoms with Crippen LogP contribution in [0, 0.1) is 0 Å². The maximum absolute atomic E-state index is 4.97. The molecule has 0 aromatic heterocycles. The Kier molecular flexibility index (Phi) is 8.32. The zero-order valence-corrected chi connectivity index (χ0v) is 12.1. The lowest BCUT2D eigenvalue weighted by Gasteiger charge is -2.04. The molecule has 17 heavy (non-hydrogen) atoms. The van der Waals surface area contributed by atoms with Crippen LogP contribution in [0.15, 0.2) is 28.7 Å². The van der Waals surface area contributed by atoms with Gasteiger partial charge in [-0.25, -0.2) is 0 Å². The van der Waals surface area contributed by atoms with Gasteiger partial charge in [-0.2, -0.15) is 0 Å². The van der Waals surface area contributed by atoms with E-state index in [1.165, 1.54) is 31.2 Å². The summed E-state index contributed by atoms with van der Waals surface area (Å²) in [6, 6.07) is 8.62. The lowest BCUT2D eigenvalue weighted by molar-refractivity contribution is 0.199. The first-order valence-corrected chi connectivity index (χ1v) is 7.06.